The van der Waals surface area contributed by atoms with Crippen molar-refractivity contribution in [1.29, 1.82) is 0 Å². The van der Waals surface area contributed by atoms with Crippen molar-refractivity contribution in [3.63, 3.8) is 0 Å². The minimum absolute atomic E-state index is 0.488. The first-order valence-electron chi connectivity index (χ1n) is 3.61. The van der Waals surface area contributed by atoms with E-state index in [0.29, 0.717) is 6.61 Å². The standard InChI is InChI=1S/C8H11BO3/c1-4-7-11-9(10-6-3)12-8-5-2/h6H2,1-3H3. The van der Waals surface area contributed by atoms with Crippen LogP contribution in [0, 0.1) is 24.1 Å². The zero-order valence-corrected chi connectivity index (χ0v) is 7.51. The molecule has 0 aliphatic rings. The summed E-state index contributed by atoms with van der Waals surface area (Å²) in [6, 6.07) is 0. The van der Waals surface area contributed by atoms with Gasteiger partial charge in [-0.1, -0.05) is 11.8 Å². The second-order valence-electron chi connectivity index (χ2n) is 1.68. The maximum Gasteiger partial charge on any atom is 0.805 e. The summed E-state index contributed by atoms with van der Waals surface area (Å²) in [5.74, 6) is 5.11. The number of hydrogen-bond donors (Lipinski definition) is 0. The summed E-state index contributed by atoms with van der Waals surface area (Å²) in [7, 11) is -0.810. The summed E-state index contributed by atoms with van der Waals surface area (Å²) in [5, 5.41) is 0. The predicted octanol–water partition coefficient (Wildman–Crippen LogP) is 1.00. The van der Waals surface area contributed by atoms with Crippen molar-refractivity contribution >= 4 is 7.32 Å². The third-order valence-electron chi connectivity index (χ3n) is 0.817. The van der Waals surface area contributed by atoms with Crippen LogP contribution in [0.15, 0.2) is 0 Å². The SMILES string of the molecule is CC#COB(OC#CC)OCC. The second kappa shape index (κ2) is 7.85. The van der Waals surface area contributed by atoms with Gasteiger partial charge < -0.3 is 14.0 Å². The van der Waals surface area contributed by atoms with E-state index in [9.17, 15) is 0 Å². The largest absolute Gasteiger partial charge is 0.805 e. The molecule has 0 aromatic rings. The Morgan fingerprint density at radius 2 is 1.58 bits per heavy atom. The summed E-state index contributed by atoms with van der Waals surface area (Å²) < 4.78 is 14.6. The van der Waals surface area contributed by atoms with Gasteiger partial charge in [0.1, 0.15) is 0 Å². The molecule has 0 saturated heterocycles. The highest BCUT2D eigenvalue weighted by molar-refractivity contribution is 6.37. The highest BCUT2D eigenvalue weighted by atomic mass is 16.7. The number of hydrogen-bond acceptors (Lipinski definition) is 3. The molecular formula is C8H11BO3. The summed E-state index contributed by atoms with van der Waals surface area (Å²) in [6.45, 7) is 5.64. The Kier molecular flexibility index (Phi) is 7.03. The molecule has 0 spiro atoms. The van der Waals surface area contributed by atoms with Crippen molar-refractivity contribution in [2.75, 3.05) is 6.61 Å². The first kappa shape index (κ1) is 10.7. The fourth-order valence-corrected chi connectivity index (χ4v) is 0.442. The Balaban J connectivity index is 3.79. The molecule has 0 saturated carbocycles. The molecule has 0 radical (unpaired) electrons. The van der Waals surface area contributed by atoms with Crippen LogP contribution in [0.25, 0.3) is 0 Å². The average Bonchev–Trinajstić information content (AvgIpc) is 2.10. The van der Waals surface area contributed by atoms with Crippen molar-refractivity contribution < 1.29 is 14.0 Å². The average molecular weight is 166 g/mol. The third kappa shape index (κ3) is 5.52. The highest BCUT2D eigenvalue weighted by Crippen LogP contribution is 1.89. The van der Waals surface area contributed by atoms with Crippen LogP contribution in [0.3, 0.4) is 0 Å². The first-order chi connectivity index (χ1) is 5.85. The Bertz CT molecular complexity index is 196. The van der Waals surface area contributed by atoms with Crippen molar-refractivity contribution in [1.82, 2.24) is 0 Å². The minimum atomic E-state index is -0.810. The van der Waals surface area contributed by atoms with Gasteiger partial charge in [-0.3, -0.25) is 0 Å². The molecule has 0 aromatic carbocycles. The second-order valence-corrected chi connectivity index (χ2v) is 1.68. The van der Waals surface area contributed by atoms with Gasteiger partial charge in [0.05, 0.1) is 12.2 Å². The van der Waals surface area contributed by atoms with Gasteiger partial charge in [0.25, 0.3) is 0 Å². The van der Waals surface area contributed by atoms with E-state index < -0.39 is 7.32 Å². The van der Waals surface area contributed by atoms with Crippen LogP contribution in [0.2, 0.25) is 0 Å². The van der Waals surface area contributed by atoms with Gasteiger partial charge in [-0.25, -0.2) is 0 Å². The molecule has 0 atom stereocenters. The molecule has 3 nitrogen and oxygen atoms in total. The quantitative estimate of drug-likeness (QED) is 0.460. The monoisotopic (exact) mass is 166 g/mol. The van der Waals surface area contributed by atoms with Gasteiger partial charge in [-0.2, -0.15) is 0 Å². The van der Waals surface area contributed by atoms with Crippen LogP contribution in [-0.4, -0.2) is 13.9 Å². The van der Waals surface area contributed by atoms with E-state index in [2.05, 4.69) is 24.1 Å². The smallest absolute Gasteiger partial charge is 0.450 e. The topological polar surface area (TPSA) is 27.7 Å². The van der Waals surface area contributed by atoms with E-state index in [1.807, 2.05) is 6.92 Å². The predicted molar refractivity (Wildman–Crippen MR) is 46.5 cm³/mol. The Morgan fingerprint density at radius 1 is 1.08 bits per heavy atom. The Labute approximate surface area is 73.6 Å². The lowest BCUT2D eigenvalue weighted by atomic mass is 10.2. The molecule has 0 amide bonds. The zero-order chi connectivity index (χ0) is 9.23. The summed E-state index contributed by atoms with van der Waals surface area (Å²) in [5.41, 5.74) is 0. The molecule has 12 heavy (non-hydrogen) atoms. The molecule has 4 heteroatoms. The maximum atomic E-state index is 5.00. The van der Waals surface area contributed by atoms with E-state index in [-0.39, 0.29) is 0 Å². The van der Waals surface area contributed by atoms with Crippen LogP contribution in [0.1, 0.15) is 20.8 Å². The molecule has 0 aliphatic heterocycles. The fourth-order valence-electron chi connectivity index (χ4n) is 0.442. The van der Waals surface area contributed by atoms with Crippen LogP contribution in [0.5, 0.6) is 0 Å². The highest BCUT2D eigenvalue weighted by Gasteiger charge is 2.23. The first-order valence-corrected chi connectivity index (χ1v) is 3.61. The lowest BCUT2D eigenvalue weighted by molar-refractivity contribution is 0.189. The van der Waals surface area contributed by atoms with Crippen LogP contribution in [0.4, 0.5) is 0 Å². The van der Waals surface area contributed by atoms with Gasteiger partial charge in [0, 0.05) is 20.5 Å². The zero-order valence-electron chi connectivity index (χ0n) is 7.51. The van der Waals surface area contributed by atoms with Crippen LogP contribution in [-0.2, 0) is 14.0 Å². The molecule has 0 unspecified atom stereocenters. The van der Waals surface area contributed by atoms with Crippen molar-refractivity contribution in [2.45, 2.75) is 20.8 Å². The van der Waals surface area contributed by atoms with E-state index in [4.69, 9.17) is 14.0 Å². The lowest BCUT2D eigenvalue weighted by Crippen LogP contribution is -2.23. The molecule has 0 rings (SSSR count). The maximum absolute atomic E-state index is 5.00. The molecule has 0 bridgehead atoms. The van der Waals surface area contributed by atoms with E-state index in [1.54, 1.807) is 13.8 Å². The van der Waals surface area contributed by atoms with Gasteiger partial charge in [-0.05, 0) is 6.92 Å². The molecule has 0 aromatic heterocycles. The molecule has 0 aliphatic carbocycles. The number of rotatable bonds is 4. The third-order valence-corrected chi connectivity index (χ3v) is 0.817. The van der Waals surface area contributed by atoms with Crippen molar-refractivity contribution in [3.8, 4) is 24.1 Å². The van der Waals surface area contributed by atoms with Crippen molar-refractivity contribution in [3.05, 3.63) is 0 Å². The summed E-state index contributed by atoms with van der Waals surface area (Å²) in [4.78, 5) is 0. The molecular weight excluding hydrogens is 155 g/mol. The van der Waals surface area contributed by atoms with Crippen molar-refractivity contribution in [2.24, 2.45) is 0 Å². The van der Waals surface area contributed by atoms with Gasteiger partial charge in [-0.15, -0.1) is 0 Å². The van der Waals surface area contributed by atoms with Gasteiger partial charge in [0.2, 0.25) is 0 Å². The van der Waals surface area contributed by atoms with Crippen LogP contribution < -0.4 is 0 Å². The van der Waals surface area contributed by atoms with Crippen LogP contribution >= 0.6 is 0 Å². The van der Waals surface area contributed by atoms with E-state index in [0.717, 1.165) is 0 Å². The summed E-state index contributed by atoms with van der Waals surface area (Å²) >= 11 is 0. The minimum Gasteiger partial charge on any atom is -0.450 e. The summed E-state index contributed by atoms with van der Waals surface area (Å²) in [6.07, 6.45) is 4.75. The van der Waals surface area contributed by atoms with Gasteiger partial charge in [0.15, 0.2) is 0 Å². The van der Waals surface area contributed by atoms with Gasteiger partial charge >= 0.3 is 7.32 Å². The molecule has 64 valence electrons. The van der Waals surface area contributed by atoms with E-state index in [1.165, 1.54) is 0 Å². The molecule has 0 heterocycles. The normalized spacial score (nSPS) is 6.92. The molecule has 0 fully saturated rings. The molecule has 0 N–H and O–H groups in total. The fraction of sp³-hybridized carbons (Fsp3) is 0.500. The van der Waals surface area contributed by atoms with E-state index >= 15 is 0 Å². The Morgan fingerprint density at radius 3 is 1.92 bits per heavy atom. The lowest BCUT2D eigenvalue weighted by Gasteiger charge is -2.04. The Hall–Kier alpha value is -1.26.